The monoisotopic (exact) mass is 446 g/mol. The number of hydrogen-bond acceptors (Lipinski definition) is 5. The minimum Gasteiger partial charge on any atom is -0.478 e. The van der Waals surface area contributed by atoms with Crippen molar-refractivity contribution in [3.8, 4) is 12.3 Å². The summed E-state index contributed by atoms with van der Waals surface area (Å²) in [6.07, 6.45) is 8.35. The number of nitrogens with zero attached hydrogens (tertiary/aromatic N) is 1. The molecular weight excluding hydrogens is 423 g/mol. The third-order valence-electron chi connectivity index (χ3n) is 5.27. The molecule has 2 N–H and O–H groups in total. The van der Waals surface area contributed by atoms with Gasteiger partial charge >= 0.3 is 5.97 Å². The number of hydrogen-bond donors (Lipinski definition) is 2. The zero-order valence-electron chi connectivity index (χ0n) is 18.7. The van der Waals surface area contributed by atoms with Gasteiger partial charge in [0.1, 0.15) is 22.7 Å². The SMILES string of the molecule is C#C/C=C\C(=NC)c1oc2c(C(C)Nc3cccc(F)c3C(=O)O)cc(C)cc2c(=O)c1C. The zero-order valence-corrected chi connectivity index (χ0v) is 18.7. The Morgan fingerprint density at radius 3 is 2.70 bits per heavy atom. The second-order valence-corrected chi connectivity index (χ2v) is 7.56. The van der Waals surface area contributed by atoms with Gasteiger partial charge in [0.05, 0.1) is 17.1 Å². The van der Waals surface area contributed by atoms with Gasteiger partial charge in [-0.1, -0.05) is 18.1 Å². The van der Waals surface area contributed by atoms with Crippen LogP contribution >= 0.6 is 0 Å². The number of rotatable bonds is 6. The van der Waals surface area contributed by atoms with Gasteiger partial charge in [0.2, 0.25) is 0 Å². The number of benzene rings is 2. The number of aryl methyl sites for hydroxylation is 1. The normalized spacial score (nSPS) is 12.7. The minimum atomic E-state index is -1.38. The Kier molecular flexibility index (Phi) is 6.78. The number of aromatic carboxylic acids is 1. The lowest BCUT2D eigenvalue weighted by Crippen LogP contribution is -2.16. The molecule has 6 nitrogen and oxygen atoms in total. The van der Waals surface area contributed by atoms with Crippen LogP contribution in [0, 0.1) is 32.0 Å². The summed E-state index contributed by atoms with van der Waals surface area (Å²) < 4.78 is 20.3. The molecule has 168 valence electrons. The molecule has 0 saturated carbocycles. The van der Waals surface area contributed by atoms with Gasteiger partial charge in [0.15, 0.2) is 11.2 Å². The summed E-state index contributed by atoms with van der Waals surface area (Å²) in [5, 5.41) is 12.9. The molecule has 0 aliphatic rings. The van der Waals surface area contributed by atoms with Crippen molar-refractivity contribution in [2.45, 2.75) is 26.8 Å². The van der Waals surface area contributed by atoms with Crippen LogP contribution in [-0.2, 0) is 0 Å². The highest BCUT2D eigenvalue weighted by Crippen LogP contribution is 2.30. The van der Waals surface area contributed by atoms with Gasteiger partial charge in [-0.15, -0.1) is 6.42 Å². The van der Waals surface area contributed by atoms with Crippen LogP contribution in [0.4, 0.5) is 10.1 Å². The van der Waals surface area contributed by atoms with E-state index in [0.717, 1.165) is 11.6 Å². The summed E-state index contributed by atoms with van der Waals surface area (Å²) >= 11 is 0. The highest BCUT2D eigenvalue weighted by atomic mass is 19.1. The van der Waals surface area contributed by atoms with Crippen molar-refractivity contribution in [1.29, 1.82) is 0 Å². The van der Waals surface area contributed by atoms with Crippen LogP contribution in [0.5, 0.6) is 0 Å². The standard InChI is InChI=1S/C26H23FN2O4/c1-6-7-10-21(28-5)24-15(3)23(30)18-13-14(2)12-17(25(18)33-24)16(4)29-20-11-8-9-19(27)22(20)26(31)32/h1,7-13,16,29H,2-5H3,(H,31,32)/b10-7-,28-21?. The van der Waals surface area contributed by atoms with Crippen LogP contribution in [0.3, 0.4) is 0 Å². The number of terminal acetylenes is 1. The highest BCUT2D eigenvalue weighted by Gasteiger charge is 2.22. The average molecular weight is 446 g/mol. The minimum absolute atomic E-state index is 0.118. The summed E-state index contributed by atoms with van der Waals surface area (Å²) in [5.74, 6) is 0.446. The Bertz CT molecular complexity index is 1410. The van der Waals surface area contributed by atoms with Crippen LogP contribution in [-0.4, -0.2) is 23.8 Å². The summed E-state index contributed by atoms with van der Waals surface area (Å²) in [4.78, 5) is 28.9. The van der Waals surface area contributed by atoms with Crippen LogP contribution in [0.15, 0.2) is 56.7 Å². The van der Waals surface area contributed by atoms with Crippen molar-refractivity contribution in [3.05, 3.63) is 86.5 Å². The summed E-state index contributed by atoms with van der Waals surface area (Å²) in [6, 6.07) is 7.05. The van der Waals surface area contributed by atoms with E-state index in [9.17, 15) is 19.1 Å². The zero-order chi connectivity index (χ0) is 24.3. The number of carbonyl (C=O) groups is 1. The van der Waals surface area contributed by atoms with Crippen molar-refractivity contribution in [2.24, 2.45) is 4.99 Å². The Morgan fingerprint density at radius 2 is 2.06 bits per heavy atom. The largest absolute Gasteiger partial charge is 0.478 e. The van der Waals surface area contributed by atoms with Gasteiger partial charge < -0.3 is 14.8 Å². The number of fused-ring (bicyclic) bond motifs is 1. The Hall–Kier alpha value is -4.18. The molecule has 0 saturated heterocycles. The topological polar surface area (TPSA) is 91.9 Å². The molecule has 0 fully saturated rings. The maximum atomic E-state index is 14.1. The van der Waals surface area contributed by atoms with Crippen molar-refractivity contribution >= 4 is 28.3 Å². The lowest BCUT2D eigenvalue weighted by atomic mass is 9.99. The van der Waals surface area contributed by atoms with Gasteiger partial charge in [0, 0.05) is 18.2 Å². The van der Waals surface area contributed by atoms with Crippen LogP contribution < -0.4 is 10.7 Å². The molecule has 0 bridgehead atoms. The fourth-order valence-electron chi connectivity index (χ4n) is 3.69. The summed E-state index contributed by atoms with van der Waals surface area (Å²) in [7, 11) is 1.57. The first-order valence-corrected chi connectivity index (χ1v) is 10.2. The molecule has 33 heavy (non-hydrogen) atoms. The fourth-order valence-corrected chi connectivity index (χ4v) is 3.69. The number of anilines is 1. The maximum absolute atomic E-state index is 14.1. The maximum Gasteiger partial charge on any atom is 0.340 e. The number of halogens is 1. The molecule has 2 aromatic carbocycles. The average Bonchev–Trinajstić information content (AvgIpc) is 2.77. The Labute approximate surface area is 190 Å². The number of carboxylic acid groups (broad SMARTS) is 1. The van der Waals surface area contributed by atoms with Gasteiger partial charge in [-0.05, 0) is 56.7 Å². The van der Waals surface area contributed by atoms with E-state index in [1.54, 1.807) is 33.0 Å². The lowest BCUT2D eigenvalue weighted by molar-refractivity contribution is 0.0693. The fraction of sp³-hybridized carbons (Fsp3) is 0.192. The van der Waals surface area contributed by atoms with E-state index in [1.807, 2.05) is 13.0 Å². The van der Waals surface area contributed by atoms with Crippen LogP contribution in [0.1, 0.15) is 45.8 Å². The number of carboxylic acids is 1. The van der Waals surface area contributed by atoms with Crippen LogP contribution in [0.25, 0.3) is 11.0 Å². The van der Waals surface area contributed by atoms with Crippen molar-refractivity contribution in [3.63, 3.8) is 0 Å². The molecule has 0 aliphatic carbocycles. The Morgan fingerprint density at radius 1 is 1.33 bits per heavy atom. The van der Waals surface area contributed by atoms with Gasteiger partial charge in [-0.3, -0.25) is 9.79 Å². The third-order valence-corrected chi connectivity index (χ3v) is 5.27. The predicted octanol–water partition coefficient (Wildman–Crippen LogP) is 5.03. The molecule has 7 heteroatoms. The molecule has 1 heterocycles. The van der Waals surface area contributed by atoms with E-state index in [1.165, 1.54) is 18.2 Å². The van der Waals surface area contributed by atoms with Crippen LogP contribution in [0.2, 0.25) is 0 Å². The molecular formula is C26H23FN2O4. The quantitative estimate of drug-likeness (QED) is 0.409. The first-order valence-electron chi connectivity index (χ1n) is 10.2. The molecule has 0 radical (unpaired) electrons. The van der Waals surface area contributed by atoms with Gasteiger partial charge in [-0.2, -0.15) is 0 Å². The molecule has 3 rings (SSSR count). The van der Waals surface area contributed by atoms with E-state index in [2.05, 4.69) is 16.2 Å². The first-order chi connectivity index (χ1) is 15.7. The van der Waals surface area contributed by atoms with Crippen molar-refractivity contribution < 1.29 is 18.7 Å². The molecule has 3 aromatic rings. The first kappa shape index (κ1) is 23.5. The number of aliphatic imine (C=N–C) groups is 1. The van der Waals surface area contributed by atoms with Crippen molar-refractivity contribution in [1.82, 2.24) is 0 Å². The predicted molar refractivity (Wildman–Crippen MR) is 128 cm³/mol. The summed E-state index contributed by atoms with van der Waals surface area (Å²) in [6.45, 7) is 5.28. The Balaban J connectivity index is 2.23. The molecule has 0 aliphatic heterocycles. The lowest BCUT2D eigenvalue weighted by Gasteiger charge is -2.20. The number of allylic oxidation sites excluding steroid dienone is 2. The smallest absolute Gasteiger partial charge is 0.340 e. The van der Waals surface area contributed by atoms with E-state index < -0.39 is 23.4 Å². The van der Waals surface area contributed by atoms with E-state index >= 15 is 0 Å². The highest BCUT2D eigenvalue weighted by molar-refractivity contribution is 6.08. The third kappa shape index (κ3) is 4.55. The molecule has 1 atom stereocenters. The van der Waals surface area contributed by atoms with E-state index in [4.69, 9.17) is 10.8 Å². The summed E-state index contributed by atoms with van der Waals surface area (Å²) in [5.41, 5.74) is 2.01. The van der Waals surface area contributed by atoms with E-state index in [0.29, 0.717) is 27.8 Å². The van der Waals surface area contributed by atoms with Gasteiger partial charge in [0.25, 0.3) is 0 Å². The molecule has 0 amide bonds. The van der Waals surface area contributed by atoms with E-state index in [-0.39, 0.29) is 16.9 Å². The van der Waals surface area contributed by atoms with Crippen molar-refractivity contribution in [2.75, 3.05) is 12.4 Å². The second kappa shape index (κ2) is 9.53. The molecule has 0 spiro atoms. The number of nitrogens with one attached hydrogen (secondary N) is 1. The second-order valence-electron chi connectivity index (χ2n) is 7.56. The molecule has 1 unspecified atom stereocenters. The van der Waals surface area contributed by atoms with Gasteiger partial charge in [-0.25, -0.2) is 9.18 Å². The molecule has 1 aromatic heterocycles.